The van der Waals surface area contributed by atoms with Crippen LogP contribution in [0.4, 0.5) is 5.69 Å². The molecule has 25 heavy (non-hydrogen) atoms. The Bertz CT molecular complexity index is 812. The second-order valence-corrected chi connectivity index (χ2v) is 8.27. The van der Waals surface area contributed by atoms with Gasteiger partial charge in [-0.15, -0.1) is 0 Å². The van der Waals surface area contributed by atoms with Gasteiger partial charge in [0.15, 0.2) is 6.10 Å². The third-order valence-electron chi connectivity index (χ3n) is 4.20. The molecule has 1 aromatic rings. The average Bonchev–Trinajstić information content (AvgIpc) is 2.93. The summed E-state index contributed by atoms with van der Waals surface area (Å²) in [7, 11) is -3.33. The average molecular weight is 389 g/mol. The van der Waals surface area contributed by atoms with Crippen molar-refractivity contribution < 1.29 is 27.9 Å². The summed E-state index contributed by atoms with van der Waals surface area (Å²) in [6, 6.07) is 4.46. The molecule has 0 bridgehead atoms. The lowest BCUT2D eigenvalue weighted by molar-refractivity contribution is -0.154. The molecule has 0 spiro atoms. The molecule has 3 rings (SSSR count). The molecule has 1 aromatic carbocycles. The largest absolute Gasteiger partial charge is 0.479 e. The normalized spacial score (nSPS) is 22.8. The third kappa shape index (κ3) is 3.58. The Morgan fingerprint density at radius 3 is 2.64 bits per heavy atom. The minimum Gasteiger partial charge on any atom is -0.479 e. The Morgan fingerprint density at radius 1 is 1.28 bits per heavy atom. The zero-order chi connectivity index (χ0) is 18.2. The van der Waals surface area contributed by atoms with E-state index in [4.69, 9.17) is 21.4 Å². The fraction of sp³-hybridized carbons (Fsp3) is 0.467. The molecule has 1 amide bonds. The van der Waals surface area contributed by atoms with E-state index < -0.39 is 28.0 Å². The van der Waals surface area contributed by atoms with Gasteiger partial charge in [0, 0.05) is 13.1 Å². The molecule has 0 radical (unpaired) electrons. The number of carboxylic acids is 1. The van der Waals surface area contributed by atoms with E-state index >= 15 is 0 Å². The van der Waals surface area contributed by atoms with Gasteiger partial charge in [-0.05, 0) is 24.6 Å². The lowest BCUT2D eigenvalue weighted by Gasteiger charge is -2.31. The first-order valence-electron chi connectivity index (χ1n) is 7.73. The smallest absolute Gasteiger partial charge is 0.334 e. The van der Waals surface area contributed by atoms with Crippen LogP contribution >= 0.6 is 11.6 Å². The molecular weight excluding hydrogens is 372 g/mol. The van der Waals surface area contributed by atoms with Crippen LogP contribution in [-0.2, 0) is 19.6 Å². The van der Waals surface area contributed by atoms with Crippen molar-refractivity contribution in [2.75, 3.05) is 36.3 Å². The summed E-state index contributed by atoms with van der Waals surface area (Å²) < 4.78 is 30.3. The van der Waals surface area contributed by atoms with E-state index in [1.54, 1.807) is 0 Å². The summed E-state index contributed by atoms with van der Waals surface area (Å²) in [5, 5.41) is 9.15. The Hall–Kier alpha value is -1.84. The van der Waals surface area contributed by atoms with Crippen molar-refractivity contribution in [3.05, 3.63) is 28.8 Å². The first-order valence-corrected chi connectivity index (χ1v) is 9.72. The second kappa shape index (κ2) is 6.81. The number of carbonyl (C=O) groups excluding carboxylic acids is 1. The van der Waals surface area contributed by atoms with Gasteiger partial charge in [0.1, 0.15) is 0 Å². The minimum atomic E-state index is -3.33. The van der Waals surface area contributed by atoms with Crippen LogP contribution in [0.5, 0.6) is 0 Å². The number of sulfonamides is 1. The molecule has 10 heteroatoms. The first kappa shape index (κ1) is 18.0. The summed E-state index contributed by atoms with van der Waals surface area (Å²) in [6.07, 6.45) is -0.518. The van der Waals surface area contributed by atoms with Gasteiger partial charge in [-0.3, -0.25) is 9.10 Å². The number of anilines is 1. The highest BCUT2D eigenvalue weighted by atomic mass is 35.5. The number of halogens is 1. The summed E-state index contributed by atoms with van der Waals surface area (Å²) in [5.41, 5.74) is 0.623. The van der Waals surface area contributed by atoms with Crippen LogP contribution in [0.3, 0.4) is 0 Å². The monoisotopic (exact) mass is 388 g/mol. The predicted molar refractivity (Wildman–Crippen MR) is 90.5 cm³/mol. The van der Waals surface area contributed by atoms with Crippen LogP contribution in [0, 0.1) is 0 Å². The van der Waals surface area contributed by atoms with Gasteiger partial charge in [0.25, 0.3) is 5.91 Å². The third-order valence-corrected chi connectivity index (χ3v) is 6.38. The van der Waals surface area contributed by atoms with Gasteiger partial charge in [0.2, 0.25) is 10.0 Å². The number of hydrogen-bond acceptors (Lipinski definition) is 5. The minimum absolute atomic E-state index is 0.0627. The molecule has 0 saturated carbocycles. The van der Waals surface area contributed by atoms with E-state index in [2.05, 4.69) is 0 Å². The Morgan fingerprint density at radius 2 is 2.04 bits per heavy atom. The van der Waals surface area contributed by atoms with Crippen molar-refractivity contribution in [1.82, 2.24) is 4.90 Å². The topological polar surface area (TPSA) is 104 Å². The van der Waals surface area contributed by atoms with Crippen molar-refractivity contribution >= 4 is 39.2 Å². The molecule has 1 N–H and O–H groups in total. The number of benzene rings is 1. The van der Waals surface area contributed by atoms with Gasteiger partial charge < -0.3 is 14.7 Å². The van der Waals surface area contributed by atoms with E-state index in [1.807, 2.05) is 0 Å². The predicted octanol–water partition coefficient (Wildman–Crippen LogP) is 0.805. The highest BCUT2D eigenvalue weighted by molar-refractivity contribution is 7.93. The van der Waals surface area contributed by atoms with Crippen molar-refractivity contribution in [2.45, 2.75) is 12.5 Å². The molecule has 136 valence electrons. The van der Waals surface area contributed by atoms with Gasteiger partial charge in [-0.25, -0.2) is 13.2 Å². The van der Waals surface area contributed by atoms with Crippen molar-refractivity contribution in [1.29, 1.82) is 0 Å². The number of morpholine rings is 1. The molecule has 2 saturated heterocycles. The fourth-order valence-electron chi connectivity index (χ4n) is 2.92. The summed E-state index contributed by atoms with van der Waals surface area (Å²) in [6.45, 7) is 0.716. The lowest BCUT2D eigenvalue weighted by atomic mass is 10.1. The summed E-state index contributed by atoms with van der Waals surface area (Å²) >= 11 is 6.20. The highest BCUT2D eigenvalue weighted by Crippen LogP contribution is 2.29. The second-order valence-electron chi connectivity index (χ2n) is 5.85. The van der Waals surface area contributed by atoms with Crippen LogP contribution in [0.2, 0.25) is 5.02 Å². The fourth-order valence-corrected chi connectivity index (χ4v) is 4.73. The van der Waals surface area contributed by atoms with E-state index in [1.165, 1.54) is 27.4 Å². The number of carboxylic acid groups (broad SMARTS) is 1. The van der Waals surface area contributed by atoms with Gasteiger partial charge in [-0.2, -0.15) is 0 Å². The molecular formula is C15H17ClN2O6S. The summed E-state index contributed by atoms with van der Waals surface area (Å²) in [5.74, 6) is -1.44. The number of rotatable bonds is 3. The number of ether oxygens (including phenoxy) is 1. The maximum absolute atomic E-state index is 12.6. The Kier molecular flexibility index (Phi) is 4.90. The van der Waals surface area contributed by atoms with E-state index in [9.17, 15) is 18.0 Å². The number of nitrogens with zero attached hydrogens (tertiary/aromatic N) is 2. The lowest BCUT2D eigenvalue weighted by Crippen LogP contribution is -2.48. The highest BCUT2D eigenvalue weighted by Gasteiger charge is 2.32. The maximum Gasteiger partial charge on any atom is 0.334 e. The molecule has 8 nitrogen and oxygen atoms in total. The van der Waals surface area contributed by atoms with E-state index in [0.29, 0.717) is 18.7 Å². The maximum atomic E-state index is 12.6. The van der Waals surface area contributed by atoms with Crippen molar-refractivity contribution in [3.63, 3.8) is 0 Å². The van der Waals surface area contributed by atoms with Gasteiger partial charge in [0.05, 0.1) is 35.2 Å². The SMILES string of the molecule is O=C(O)[C@@H]1CN(C(=O)c2ccc(N3CCCS3(=O)=O)cc2Cl)CCO1. The zero-order valence-electron chi connectivity index (χ0n) is 13.2. The molecule has 2 heterocycles. The van der Waals surface area contributed by atoms with Crippen LogP contribution < -0.4 is 4.31 Å². The summed E-state index contributed by atoms with van der Waals surface area (Å²) in [4.78, 5) is 25.0. The molecule has 0 aromatic heterocycles. The molecule has 1 atom stereocenters. The number of carbonyl (C=O) groups is 2. The Labute approximate surface area is 150 Å². The molecule has 0 aliphatic carbocycles. The molecule has 0 unspecified atom stereocenters. The van der Waals surface area contributed by atoms with E-state index in [-0.39, 0.29) is 36.0 Å². The van der Waals surface area contributed by atoms with Crippen LogP contribution in [0.15, 0.2) is 18.2 Å². The van der Waals surface area contributed by atoms with Gasteiger partial charge in [-0.1, -0.05) is 11.6 Å². The standard InChI is InChI=1S/C15H17ClN2O6S/c16-12-8-10(18-4-1-7-25(18,22)23)2-3-11(12)14(19)17-5-6-24-13(9-17)15(20)21/h2-3,8,13H,1,4-7,9H2,(H,20,21)/t13-/m0/s1. The number of aliphatic carboxylic acids is 1. The zero-order valence-corrected chi connectivity index (χ0v) is 14.8. The number of amides is 1. The van der Waals surface area contributed by atoms with Gasteiger partial charge >= 0.3 is 5.97 Å². The number of hydrogen-bond donors (Lipinski definition) is 1. The van der Waals surface area contributed by atoms with Crippen LogP contribution in [-0.4, -0.2) is 68.4 Å². The van der Waals surface area contributed by atoms with Crippen molar-refractivity contribution in [2.24, 2.45) is 0 Å². The quantitative estimate of drug-likeness (QED) is 0.821. The van der Waals surface area contributed by atoms with Crippen molar-refractivity contribution in [3.8, 4) is 0 Å². The van der Waals surface area contributed by atoms with E-state index in [0.717, 1.165) is 0 Å². The van der Waals surface area contributed by atoms with Crippen LogP contribution in [0.25, 0.3) is 0 Å². The molecule has 2 fully saturated rings. The first-order chi connectivity index (χ1) is 11.8. The molecule has 2 aliphatic heterocycles. The van der Waals surface area contributed by atoms with Crippen LogP contribution in [0.1, 0.15) is 16.8 Å². The Balaban J connectivity index is 1.81. The molecule has 2 aliphatic rings.